The van der Waals surface area contributed by atoms with Gasteiger partial charge in [-0.05, 0) is 57.6 Å². The lowest BCUT2D eigenvalue weighted by atomic mass is 10.0. The standard InChI is InChI=1S/C12H25ClO2S/c1-11(2,14-5)8-9-15-12(3,4)7-6-10-16-13/h6-10H2,1-5H3. The average Bonchev–Trinajstić information content (AvgIpc) is 2.17. The minimum absolute atomic E-state index is 0.0591. The van der Waals surface area contributed by atoms with Crippen molar-refractivity contribution in [1.82, 2.24) is 0 Å². The molecule has 0 atom stereocenters. The van der Waals surface area contributed by atoms with Crippen molar-refractivity contribution in [2.75, 3.05) is 19.5 Å². The van der Waals surface area contributed by atoms with Crippen LogP contribution >= 0.6 is 21.7 Å². The molecule has 0 unspecified atom stereocenters. The first kappa shape index (κ1) is 16.6. The predicted octanol–water partition coefficient (Wildman–Crippen LogP) is 4.26. The van der Waals surface area contributed by atoms with Crippen molar-refractivity contribution in [3.63, 3.8) is 0 Å². The summed E-state index contributed by atoms with van der Waals surface area (Å²) in [5.74, 6) is 0.984. The van der Waals surface area contributed by atoms with E-state index in [0.29, 0.717) is 0 Å². The lowest BCUT2D eigenvalue weighted by Crippen LogP contribution is -2.30. The highest BCUT2D eigenvalue weighted by Crippen LogP contribution is 2.21. The normalized spacial score (nSPS) is 13.1. The molecule has 0 saturated carbocycles. The van der Waals surface area contributed by atoms with E-state index in [1.807, 2.05) is 0 Å². The first-order valence-electron chi connectivity index (χ1n) is 5.76. The second-order valence-corrected chi connectivity index (χ2v) is 6.52. The third-order valence-electron chi connectivity index (χ3n) is 2.75. The van der Waals surface area contributed by atoms with Crippen LogP contribution in [0, 0.1) is 0 Å². The molecule has 0 aliphatic rings. The molecule has 0 aliphatic carbocycles. The van der Waals surface area contributed by atoms with Crippen molar-refractivity contribution in [1.29, 1.82) is 0 Å². The number of halogens is 1. The first-order chi connectivity index (χ1) is 7.33. The zero-order valence-electron chi connectivity index (χ0n) is 11.1. The molecule has 0 aliphatic heterocycles. The van der Waals surface area contributed by atoms with Gasteiger partial charge in [-0.25, -0.2) is 0 Å². The summed E-state index contributed by atoms with van der Waals surface area (Å²) in [7, 11) is 8.68. The van der Waals surface area contributed by atoms with Gasteiger partial charge >= 0.3 is 0 Å². The Labute approximate surface area is 109 Å². The van der Waals surface area contributed by atoms with Crippen LogP contribution in [0.2, 0.25) is 0 Å². The SMILES string of the molecule is COC(C)(C)CCOC(C)(C)CCCSCl. The molecule has 0 fully saturated rings. The molecule has 98 valence electrons. The van der Waals surface area contributed by atoms with E-state index >= 15 is 0 Å². The Hall–Kier alpha value is 0.560. The Morgan fingerprint density at radius 3 is 2.19 bits per heavy atom. The summed E-state index contributed by atoms with van der Waals surface area (Å²) in [6.45, 7) is 9.15. The molecule has 4 heteroatoms. The van der Waals surface area contributed by atoms with Gasteiger partial charge in [0.25, 0.3) is 0 Å². The maximum absolute atomic E-state index is 5.88. The van der Waals surface area contributed by atoms with Crippen molar-refractivity contribution in [2.45, 2.75) is 58.2 Å². The molecule has 0 amide bonds. The van der Waals surface area contributed by atoms with Crippen molar-refractivity contribution in [2.24, 2.45) is 0 Å². The van der Waals surface area contributed by atoms with E-state index in [1.54, 1.807) is 7.11 Å². The molecule has 0 aromatic carbocycles. The molecule has 2 nitrogen and oxygen atoms in total. The Bertz CT molecular complexity index is 184. The summed E-state index contributed by atoms with van der Waals surface area (Å²) in [5, 5.41) is 0. The molecule has 0 heterocycles. The third kappa shape index (κ3) is 8.68. The van der Waals surface area contributed by atoms with Crippen LogP contribution in [0.4, 0.5) is 0 Å². The lowest BCUT2D eigenvalue weighted by molar-refractivity contribution is -0.0611. The van der Waals surface area contributed by atoms with Crippen LogP contribution < -0.4 is 0 Å². The van der Waals surface area contributed by atoms with E-state index in [1.165, 1.54) is 11.0 Å². The van der Waals surface area contributed by atoms with Crippen LogP contribution in [0.3, 0.4) is 0 Å². The van der Waals surface area contributed by atoms with Gasteiger partial charge in [0.05, 0.1) is 17.8 Å². The molecular formula is C12H25ClO2S. The molecule has 0 rings (SSSR count). The van der Waals surface area contributed by atoms with Gasteiger partial charge in [-0.15, -0.1) is 0 Å². The molecule has 0 aromatic heterocycles. The van der Waals surface area contributed by atoms with Gasteiger partial charge in [0.1, 0.15) is 0 Å². The Balaban J connectivity index is 3.73. The second kappa shape index (κ2) is 7.80. The summed E-state index contributed by atoms with van der Waals surface area (Å²) in [6, 6.07) is 0. The molecule has 16 heavy (non-hydrogen) atoms. The molecule has 0 N–H and O–H groups in total. The van der Waals surface area contributed by atoms with Gasteiger partial charge in [0.15, 0.2) is 0 Å². The monoisotopic (exact) mass is 268 g/mol. The topological polar surface area (TPSA) is 18.5 Å². The minimum Gasteiger partial charge on any atom is -0.379 e. The van der Waals surface area contributed by atoms with E-state index in [-0.39, 0.29) is 11.2 Å². The van der Waals surface area contributed by atoms with E-state index in [9.17, 15) is 0 Å². The Morgan fingerprint density at radius 1 is 1.06 bits per heavy atom. The fourth-order valence-electron chi connectivity index (χ4n) is 1.30. The largest absolute Gasteiger partial charge is 0.379 e. The highest BCUT2D eigenvalue weighted by Gasteiger charge is 2.21. The summed E-state index contributed by atoms with van der Waals surface area (Å²) >= 11 is 0. The average molecular weight is 269 g/mol. The number of methoxy groups -OCH3 is 1. The quantitative estimate of drug-likeness (QED) is 0.582. The highest BCUT2D eigenvalue weighted by atomic mass is 35.7. The van der Waals surface area contributed by atoms with Crippen LogP contribution in [0.25, 0.3) is 0 Å². The van der Waals surface area contributed by atoms with E-state index < -0.39 is 0 Å². The lowest BCUT2D eigenvalue weighted by Gasteiger charge is -2.28. The molecular weight excluding hydrogens is 244 g/mol. The van der Waals surface area contributed by atoms with Crippen molar-refractivity contribution in [3.05, 3.63) is 0 Å². The fraction of sp³-hybridized carbons (Fsp3) is 1.00. The van der Waals surface area contributed by atoms with Crippen molar-refractivity contribution >= 4 is 21.7 Å². The van der Waals surface area contributed by atoms with Gasteiger partial charge in [0, 0.05) is 12.9 Å². The molecule has 0 aromatic rings. The Morgan fingerprint density at radius 2 is 1.69 bits per heavy atom. The molecule has 0 saturated heterocycles. The van der Waals surface area contributed by atoms with Gasteiger partial charge in [0.2, 0.25) is 0 Å². The summed E-state index contributed by atoms with van der Waals surface area (Å²) in [6.07, 6.45) is 3.05. The van der Waals surface area contributed by atoms with Crippen LogP contribution in [0.1, 0.15) is 47.0 Å². The first-order valence-corrected chi connectivity index (χ1v) is 7.57. The smallest absolute Gasteiger partial charge is 0.0644 e. The van der Waals surface area contributed by atoms with Crippen LogP contribution in [-0.4, -0.2) is 30.7 Å². The number of hydrogen-bond acceptors (Lipinski definition) is 3. The predicted molar refractivity (Wildman–Crippen MR) is 73.3 cm³/mol. The number of ether oxygens (including phenoxy) is 2. The molecule has 0 radical (unpaired) electrons. The van der Waals surface area contributed by atoms with Gasteiger partial charge in [-0.1, -0.05) is 11.0 Å². The summed E-state index contributed by atoms with van der Waals surface area (Å²) in [4.78, 5) is 0. The van der Waals surface area contributed by atoms with E-state index in [4.69, 9.17) is 20.2 Å². The third-order valence-corrected chi connectivity index (χ3v) is 3.66. The molecule has 0 bridgehead atoms. The van der Waals surface area contributed by atoms with Crippen molar-refractivity contribution < 1.29 is 9.47 Å². The summed E-state index contributed by atoms with van der Waals surface area (Å²) < 4.78 is 11.2. The van der Waals surface area contributed by atoms with Gasteiger partial charge in [-0.3, -0.25) is 0 Å². The van der Waals surface area contributed by atoms with E-state index in [0.717, 1.165) is 31.6 Å². The highest BCUT2D eigenvalue weighted by molar-refractivity contribution is 8.21. The minimum atomic E-state index is -0.0952. The maximum Gasteiger partial charge on any atom is 0.0644 e. The maximum atomic E-state index is 5.88. The van der Waals surface area contributed by atoms with Crippen LogP contribution in [0.5, 0.6) is 0 Å². The van der Waals surface area contributed by atoms with E-state index in [2.05, 4.69) is 27.7 Å². The fourth-order valence-corrected chi connectivity index (χ4v) is 1.88. The van der Waals surface area contributed by atoms with Gasteiger partial charge in [-0.2, -0.15) is 0 Å². The number of rotatable bonds is 9. The van der Waals surface area contributed by atoms with Crippen LogP contribution in [-0.2, 0) is 9.47 Å². The van der Waals surface area contributed by atoms with Crippen LogP contribution in [0.15, 0.2) is 0 Å². The summed E-state index contributed by atoms with van der Waals surface area (Å²) in [5.41, 5.74) is -0.154. The Kier molecular flexibility index (Phi) is 8.08. The second-order valence-electron chi connectivity index (χ2n) is 5.24. The zero-order chi connectivity index (χ0) is 12.7. The molecule has 0 spiro atoms. The number of hydrogen-bond donors (Lipinski definition) is 0. The van der Waals surface area contributed by atoms with Gasteiger partial charge < -0.3 is 9.47 Å². The van der Waals surface area contributed by atoms with Crippen molar-refractivity contribution in [3.8, 4) is 0 Å². The zero-order valence-corrected chi connectivity index (χ0v) is 12.7.